The molecule has 6 heteroatoms. The first-order valence-corrected chi connectivity index (χ1v) is 8.87. The first-order chi connectivity index (χ1) is 14.2. The highest BCUT2D eigenvalue weighted by Crippen LogP contribution is 2.18. The molecular formula is C23H16N2O4. The molecule has 4 aromatic rings. The minimum absolute atomic E-state index is 0.131. The summed E-state index contributed by atoms with van der Waals surface area (Å²) in [6.07, 6.45) is 2.92. The Kier molecular flexibility index (Phi) is 5.16. The highest BCUT2D eigenvalue weighted by molar-refractivity contribution is 6.07. The zero-order valence-corrected chi connectivity index (χ0v) is 15.2. The number of carbonyl (C=O) groups excluding carboxylic acids is 2. The number of nitrogens with zero attached hydrogens (tertiary/aromatic N) is 1. The van der Waals surface area contributed by atoms with Gasteiger partial charge in [0, 0.05) is 5.56 Å². The fourth-order valence-corrected chi connectivity index (χ4v) is 2.82. The molecule has 0 aliphatic carbocycles. The van der Waals surface area contributed by atoms with Crippen molar-refractivity contribution in [1.82, 2.24) is 5.43 Å². The Bertz CT molecular complexity index is 1170. The van der Waals surface area contributed by atoms with Gasteiger partial charge in [0.25, 0.3) is 5.91 Å². The lowest BCUT2D eigenvalue weighted by Gasteiger charge is -2.05. The van der Waals surface area contributed by atoms with Gasteiger partial charge in [-0.05, 0) is 58.8 Å². The number of hydrogen-bond acceptors (Lipinski definition) is 5. The van der Waals surface area contributed by atoms with Crippen LogP contribution >= 0.6 is 0 Å². The number of ether oxygens (including phenoxy) is 1. The molecule has 0 aliphatic rings. The van der Waals surface area contributed by atoms with E-state index >= 15 is 0 Å². The monoisotopic (exact) mass is 384 g/mol. The Morgan fingerprint density at radius 2 is 1.69 bits per heavy atom. The third-order valence-electron chi connectivity index (χ3n) is 4.23. The SMILES string of the molecule is O=C(Oc1ccc(/C=N/NC(=O)c2cccc3ccccc23)cc1)c1ccco1. The highest BCUT2D eigenvalue weighted by Gasteiger charge is 2.11. The number of nitrogens with one attached hydrogen (secondary N) is 1. The average molecular weight is 384 g/mol. The van der Waals surface area contributed by atoms with E-state index in [-0.39, 0.29) is 11.7 Å². The summed E-state index contributed by atoms with van der Waals surface area (Å²) in [5, 5.41) is 5.86. The van der Waals surface area contributed by atoms with E-state index in [2.05, 4.69) is 10.5 Å². The van der Waals surface area contributed by atoms with E-state index in [0.717, 1.165) is 16.3 Å². The number of fused-ring (bicyclic) bond motifs is 1. The Morgan fingerprint density at radius 1 is 0.897 bits per heavy atom. The van der Waals surface area contributed by atoms with Crippen molar-refractivity contribution < 1.29 is 18.7 Å². The maximum absolute atomic E-state index is 12.4. The zero-order chi connectivity index (χ0) is 20.1. The molecule has 3 aromatic carbocycles. The van der Waals surface area contributed by atoms with Gasteiger partial charge < -0.3 is 9.15 Å². The van der Waals surface area contributed by atoms with Gasteiger partial charge in [-0.15, -0.1) is 0 Å². The Balaban J connectivity index is 1.39. The number of esters is 1. The molecule has 0 radical (unpaired) electrons. The maximum atomic E-state index is 12.4. The van der Waals surface area contributed by atoms with Crippen molar-refractivity contribution in [2.24, 2.45) is 5.10 Å². The van der Waals surface area contributed by atoms with Crippen molar-refractivity contribution in [3.63, 3.8) is 0 Å². The van der Waals surface area contributed by atoms with E-state index in [0.29, 0.717) is 11.3 Å². The van der Waals surface area contributed by atoms with Crippen LogP contribution in [0.15, 0.2) is 94.6 Å². The molecule has 142 valence electrons. The van der Waals surface area contributed by atoms with Crippen LogP contribution in [-0.2, 0) is 0 Å². The topological polar surface area (TPSA) is 80.9 Å². The Hall–Kier alpha value is -4.19. The number of carbonyl (C=O) groups is 2. The minimum Gasteiger partial charge on any atom is -0.457 e. The summed E-state index contributed by atoms with van der Waals surface area (Å²) in [4.78, 5) is 24.3. The van der Waals surface area contributed by atoms with E-state index in [1.807, 2.05) is 36.4 Å². The van der Waals surface area contributed by atoms with Crippen LogP contribution in [0.3, 0.4) is 0 Å². The van der Waals surface area contributed by atoms with E-state index < -0.39 is 5.97 Å². The molecule has 1 N–H and O–H groups in total. The fraction of sp³-hybridized carbons (Fsp3) is 0. The van der Waals surface area contributed by atoms with Crippen LogP contribution in [0.1, 0.15) is 26.5 Å². The van der Waals surface area contributed by atoms with Gasteiger partial charge in [-0.2, -0.15) is 5.10 Å². The largest absolute Gasteiger partial charge is 0.457 e. The quantitative estimate of drug-likeness (QED) is 0.239. The first kappa shape index (κ1) is 18.2. The van der Waals surface area contributed by atoms with Crippen molar-refractivity contribution in [1.29, 1.82) is 0 Å². The van der Waals surface area contributed by atoms with Gasteiger partial charge in [0.15, 0.2) is 0 Å². The number of amides is 1. The van der Waals surface area contributed by atoms with Gasteiger partial charge in [-0.3, -0.25) is 4.79 Å². The summed E-state index contributed by atoms with van der Waals surface area (Å²) < 4.78 is 10.2. The molecule has 0 saturated carbocycles. The molecule has 0 spiro atoms. The second kappa shape index (κ2) is 8.22. The minimum atomic E-state index is -0.571. The predicted molar refractivity (Wildman–Crippen MR) is 109 cm³/mol. The lowest BCUT2D eigenvalue weighted by molar-refractivity contribution is 0.0701. The van der Waals surface area contributed by atoms with Gasteiger partial charge in [0.2, 0.25) is 5.76 Å². The molecule has 29 heavy (non-hydrogen) atoms. The van der Waals surface area contributed by atoms with Gasteiger partial charge in [0.05, 0.1) is 12.5 Å². The number of furan rings is 1. The number of benzene rings is 3. The van der Waals surface area contributed by atoms with Crippen molar-refractivity contribution in [3.8, 4) is 5.75 Å². The van der Waals surface area contributed by atoms with Crippen LogP contribution in [0, 0.1) is 0 Å². The summed E-state index contributed by atoms with van der Waals surface area (Å²) in [7, 11) is 0. The molecule has 0 unspecified atom stereocenters. The van der Waals surface area contributed by atoms with Crippen LogP contribution in [-0.4, -0.2) is 18.1 Å². The lowest BCUT2D eigenvalue weighted by Crippen LogP contribution is -2.17. The zero-order valence-electron chi connectivity index (χ0n) is 15.2. The average Bonchev–Trinajstić information content (AvgIpc) is 3.30. The van der Waals surface area contributed by atoms with Crippen LogP contribution < -0.4 is 10.2 Å². The van der Waals surface area contributed by atoms with E-state index in [1.54, 1.807) is 36.4 Å². The lowest BCUT2D eigenvalue weighted by atomic mass is 10.0. The second-order valence-electron chi connectivity index (χ2n) is 6.16. The highest BCUT2D eigenvalue weighted by atomic mass is 16.5. The summed E-state index contributed by atoms with van der Waals surface area (Å²) in [5.41, 5.74) is 3.83. The van der Waals surface area contributed by atoms with Gasteiger partial charge in [-0.1, -0.05) is 36.4 Å². The molecule has 0 atom stereocenters. The summed E-state index contributed by atoms with van der Waals surface area (Å²) in [6, 6.07) is 23.1. The molecular weight excluding hydrogens is 368 g/mol. The van der Waals surface area contributed by atoms with Gasteiger partial charge in [0.1, 0.15) is 5.75 Å². The normalized spacial score (nSPS) is 10.9. The number of rotatable bonds is 5. The van der Waals surface area contributed by atoms with Crippen molar-refractivity contribution >= 4 is 28.9 Å². The fourth-order valence-electron chi connectivity index (χ4n) is 2.82. The maximum Gasteiger partial charge on any atom is 0.379 e. The Labute approximate surface area is 166 Å². The van der Waals surface area contributed by atoms with Crippen molar-refractivity contribution in [2.75, 3.05) is 0 Å². The summed E-state index contributed by atoms with van der Waals surface area (Å²) >= 11 is 0. The van der Waals surface area contributed by atoms with Crippen LogP contribution in [0.2, 0.25) is 0 Å². The smallest absolute Gasteiger partial charge is 0.379 e. The molecule has 0 fully saturated rings. The van der Waals surface area contributed by atoms with Crippen LogP contribution in [0.25, 0.3) is 10.8 Å². The first-order valence-electron chi connectivity index (χ1n) is 8.87. The van der Waals surface area contributed by atoms with Gasteiger partial charge in [-0.25, -0.2) is 10.2 Å². The second-order valence-corrected chi connectivity index (χ2v) is 6.16. The number of hydrazone groups is 1. The number of hydrogen-bond donors (Lipinski definition) is 1. The summed E-state index contributed by atoms with van der Waals surface area (Å²) in [6.45, 7) is 0. The van der Waals surface area contributed by atoms with E-state index in [4.69, 9.17) is 9.15 Å². The Morgan fingerprint density at radius 3 is 2.48 bits per heavy atom. The third kappa shape index (κ3) is 4.22. The molecule has 0 aliphatic heterocycles. The molecule has 1 heterocycles. The van der Waals surface area contributed by atoms with E-state index in [9.17, 15) is 9.59 Å². The van der Waals surface area contributed by atoms with Crippen LogP contribution in [0.4, 0.5) is 0 Å². The standard InChI is InChI=1S/C23H16N2O4/c26-22(20-8-3-6-17-5-1-2-7-19(17)20)25-24-15-16-10-12-18(13-11-16)29-23(27)21-9-4-14-28-21/h1-15H,(H,25,26)/b24-15+. The summed E-state index contributed by atoms with van der Waals surface area (Å²) in [5.74, 6) is -0.351. The predicted octanol–water partition coefficient (Wildman–Crippen LogP) is 4.42. The van der Waals surface area contributed by atoms with E-state index in [1.165, 1.54) is 18.5 Å². The van der Waals surface area contributed by atoms with Crippen LogP contribution in [0.5, 0.6) is 5.75 Å². The van der Waals surface area contributed by atoms with Crippen molar-refractivity contribution in [2.45, 2.75) is 0 Å². The van der Waals surface area contributed by atoms with Gasteiger partial charge >= 0.3 is 5.97 Å². The molecule has 0 bridgehead atoms. The van der Waals surface area contributed by atoms with Crippen molar-refractivity contribution in [3.05, 3.63) is 102 Å². The molecule has 1 amide bonds. The molecule has 0 saturated heterocycles. The molecule has 1 aromatic heterocycles. The molecule has 6 nitrogen and oxygen atoms in total. The molecule has 4 rings (SSSR count). The third-order valence-corrected chi connectivity index (χ3v) is 4.23.